The zero-order valence-electron chi connectivity index (χ0n) is 10.1. The highest BCUT2D eigenvalue weighted by Crippen LogP contribution is 2.38. The van der Waals surface area contributed by atoms with Crippen LogP contribution in [0.1, 0.15) is 5.56 Å². The molecule has 0 radical (unpaired) electrons. The summed E-state index contributed by atoms with van der Waals surface area (Å²) < 4.78 is 26.3. The molecule has 0 bridgehead atoms. The summed E-state index contributed by atoms with van der Waals surface area (Å²) in [7, 11) is -4.70. The normalized spacial score (nSPS) is 13.1. The van der Waals surface area contributed by atoms with Crippen LogP contribution in [0.15, 0.2) is 32.3 Å². The van der Waals surface area contributed by atoms with Crippen LogP contribution in [0.25, 0.3) is 0 Å². The van der Waals surface area contributed by atoms with Crippen LogP contribution in [0, 0.1) is 11.3 Å². The third kappa shape index (κ3) is 4.41. The molecule has 0 aromatic heterocycles. The first-order valence-corrected chi connectivity index (χ1v) is 9.68. The maximum atomic E-state index is 11.8. The van der Waals surface area contributed by atoms with E-state index in [1.807, 2.05) is 0 Å². The Morgan fingerprint density at radius 2 is 1.82 bits per heavy atom. The summed E-state index contributed by atoms with van der Waals surface area (Å²) in [6, 6.07) is 6.65. The molecule has 12 heteroatoms. The molecule has 0 amide bonds. The van der Waals surface area contributed by atoms with Gasteiger partial charge in [0.05, 0.1) is 0 Å². The molecule has 0 aliphatic heterocycles. The molecule has 0 spiro atoms. The Bertz CT molecular complexity index is 727. The Hall–Kier alpha value is 0.250. The smallest absolute Gasteiger partial charge is 0.265 e. The summed E-state index contributed by atoms with van der Waals surface area (Å²) in [5, 5.41) is 12.4. The molecule has 0 fully saturated rings. The van der Waals surface area contributed by atoms with Crippen molar-refractivity contribution in [2.24, 2.45) is 5.16 Å². The Balaban J connectivity index is 3.25. The predicted octanol–water partition coefficient (Wildman–Crippen LogP) is 4.72. The number of hydrogen-bond donors (Lipinski definition) is 0. The SMILES string of the molecule is N#CC(=NOS(=O)(=O)C(Cl)(Cl)C(Cl)Cl)c1c(Br)cccc1Br. The molecule has 0 unspecified atom stereocenters. The highest BCUT2D eigenvalue weighted by molar-refractivity contribution is 9.11. The first kappa shape index (κ1) is 20.3. The molecule has 1 aromatic carbocycles. The van der Waals surface area contributed by atoms with E-state index >= 15 is 0 Å². The van der Waals surface area contributed by atoms with E-state index in [4.69, 9.17) is 51.7 Å². The Kier molecular flexibility index (Phi) is 7.27. The lowest BCUT2D eigenvalue weighted by molar-refractivity contribution is 0.336. The van der Waals surface area contributed by atoms with E-state index in [2.05, 4.69) is 41.3 Å². The van der Waals surface area contributed by atoms with Gasteiger partial charge < -0.3 is 0 Å². The van der Waals surface area contributed by atoms with Crippen molar-refractivity contribution in [1.82, 2.24) is 0 Å². The molecular formula is C10H4Br2Cl4N2O3S. The summed E-state index contributed by atoms with van der Waals surface area (Å²) >= 11 is 28.2. The van der Waals surface area contributed by atoms with Crippen molar-refractivity contribution in [2.75, 3.05) is 0 Å². The second kappa shape index (κ2) is 7.88. The largest absolute Gasteiger partial charge is 0.365 e. The number of alkyl halides is 4. The minimum absolute atomic E-state index is 0.281. The van der Waals surface area contributed by atoms with E-state index in [0.717, 1.165) is 0 Å². The lowest BCUT2D eigenvalue weighted by Crippen LogP contribution is -2.33. The van der Waals surface area contributed by atoms with Crippen LogP contribution >= 0.6 is 78.3 Å². The van der Waals surface area contributed by atoms with E-state index in [-0.39, 0.29) is 11.3 Å². The van der Waals surface area contributed by atoms with Gasteiger partial charge in [0.15, 0.2) is 10.5 Å². The molecule has 0 saturated carbocycles. The highest BCUT2D eigenvalue weighted by atomic mass is 79.9. The number of nitriles is 1. The van der Waals surface area contributed by atoms with Gasteiger partial charge in [-0.25, -0.2) is 0 Å². The maximum Gasteiger partial charge on any atom is 0.365 e. The minimum Gasteiger partial charge on any atom is -0.265 e. The van der Waals surface area contributed by atoms with Gasteiger partial charge in [-0.3, -0.25) is 4.28 Å². The van der Waals surface area contributed by atoms with Crippen LogP contribution in [0.5, 0.6) is 0 Å². The molecule has 0 aliphatic rings. The number of hydrogen-bond acceptors (Lipinski definition) is 5. The Morgan fingerprint density at radius 3 is 2.23 bits per heavy atom. The third-order valence-corrected chi connectivity index (χ3v) is 7.54. The van der Waals surface area contributed by atoms with Crippen LogP contribution in [0.4, 0.5) is 0 Å². The van der Waals surface area contributed by atoms with Crippen LogP contribution in [0.3, 0.4) is 0 Å². The fraction of sp³-hybridized carbons (Fsp3) is 0.200. The molecule has 1 rings (SSSR count). The second-order valence-corrected chi connectivity index (χ2v) is 9.88. The molecule has 0 atom stereocenters. The fourth-order valence-electron chi connectivity index (χ4n) is 1.09. The average Bonchev–Trinajstić information content (AvgIpc) is 2.41. The summed E-state index contributed by atoms with van der Waals surface area (Å²) in [5.41, 5.74) is -0.0593. The van der Waals surface area contributed by atoms with Gasteiger partial charge in [-0.15, -0.1) is 23.2 Å². The lowest BCUT2D eigenvalue weighted by Gasteiger charge is -2.18. The van der Waals surface area contributed by atoms with E-state index in [1.165, 1.54) is 0 Å². The molecule has 5 nitrogen and oxygen atoms in total. The summed E-state index contributed by atoms with van der Waals surface area (Å²) in [4.78, 5) is -1.70. The molecule has 0 saturated heterocycles. The lowest BCUT2D eigenvalue weighted by atomic mass is 10.1. The Morgan fingerprint density at radius 1 is 1.32 bits per heavy atom. The van der Waals surface area contributed by atoms with Crippen molar-refractivity contribution in [2.45, 2.75) is 8.50 Å². The topological polar surface area (TPSA) is 79.5 Å². The van der Waals surface area contributed by atoms with Gasteiger partial charge in [0, 0.05) is 14.5 Å². The van der Waals surface area contributed by atoms with Gasteiger partial charge in [-0.2, -0.15) is 13.7 Å². The van der Waals surface area contributed by atoms with Gasteiger partial charge in [0.25, 0.3) is 3.67 Å². The Labute approximate surface area is 163 Å². The standard InChI is InChI=1S/C10H4Br2Cl4N2O3S/c11-5-2-1-3-6(12)8(5)7(4-17)18-21-22(19,20)10(15,16)9(13)14/h1-3,9H. The van der Waals surface area contributed by atoms with E-state index < -0.39 is 18.6 Å². The van der Waals surface area contributed by atoms with Gasteiger partial charge in [-0.05, 0) is 12.1 Å². The molecule has 0 N–H and O–H groups in total. The van der Waals surface area contributed by atoms with Crippen molar-refractivity contribution in [3.63, 3.8) is 0 Å². The molecule has 22 heavy (non-hydrogen) atoms. The van der Waals surface area contributed by atoms with Crippen molar-refractivity contribution in [1.29, 1.82) is 5.26 Å². The number of benzene rings is 1. The van der Waals surface area contributed by atoms with Gasteiger partial charge in [0.1, 0.15) is 6.07 Å². The highest BCUT2D eigenvalue weighted by Gasteiger charge is 2.49. The predicted molar refractivity (Wildman–Crippen MR) is 93.9 cm³/mol. The van der Waals surface area contributed by atoms with E-state index in [9.17, 15) is 8.42 Å². The van der Waals surface area contributed by atoms with Crippen molar-refractivity contribution >= 4 is 94.1 Å². The zero-order valence-corrected chi connectivity index (χ0v) is 17.1. The first-order chi connectivity index (χ1) is 10.0. The minimum atomic E-state index is -4.70. The molecule has 120 valence electrons. The summed E-state index contributed by atoms with van der Waals surface area (Å²) in [6.07, 6.45) is 0. The van der Waals surface area contributed by atoms with Crippen LogP contribution in [-0.2, 0) is 14.4 Å². The number of rotatable bonds is 5. The number of halogens is 6. The molecule has 0 heterocycles. The van der Waals surface area contributed by atoms with E-state index in [0.29, 0.717) is 8.95 Å². The molecule has 1 aromatic rings. The average molecular weight is 534 g/mol. The number of nitrogens with zero attached hydrogens (tertiary/aromatic N) is 2. The number of oxime groups is 1. The quantitative estimate of drug-likeness (QED) is 0.312. The van der Waals surface area contributed by atoms with E-state index in [1.54, 1.807) is 24.3 Å². The van der Waals surface area contributed by atoms with Crippen molar-refractivity contribution in [3.8, 4) is 6.07 Å². The zero-order chi connectivity index (χ0) is 17.1. The van der Waals surface area contributed by atoms with Gasteiger partial charge >= 0.3 is 10.1 Å². The van der Waals surface area contributed by atoms with Gasteiger partial charge in [0.2, 0.25) is 0 Å². The van der Waals surface area contributed by atoms with Crippen molar-refractivity contribution in [3.05, 3.63) is 32.7 Å². The third-order valence-electron chi connectivity index (χ3n) is 2.12. The molecule has 0 aliphatic carbocycles. The first-order valence-electron chi connectivity index (χ1n) is 5.06. The van der Waals surface area contributed by atoms with Crippen LogP contribution < -0.4 is 0 Å². The van der Waals surface area contributed by atoms with Crippen LogP contribution in [-0.4, -0.2) is 22.6 Å². The monoisotopic (exact) mass is 530 g/mol. The molecular weight excluding hydrogens is 530 g/mol. The second-order valence-electron chi connectivity index (χ2n) is 3.54. The maximum absolute atomic E-state index is 11.8. The summed E-state index contributed by atoms with van der Waals surface area (Å²) in [5.74, 6) is 0. The fourth-order valence-corrected chi connectivity index (χ4v) is 3.78. The van der Waals surface area contributed by atoms with Gasteiger partial charge in [-0.1, -0.05) is 66.3 Å². The van der Waals surface area contributed by atoms with Crippen LogP contribution in [0.2, 0.25) is 0 Å². The van der Waals surface area contributed by atoms with Crippen molar-refractivity contribution < 1.29 is 12.7 Å². The summed E-state index contributed by atoms with van der Waals surface area (Å²) in [6.45, 7) is 0.